The lowest BCUT2D eigenvalue weighted by Gasteiger charge is -2.48. The first-order valence-electron chi connectivity index (χ1n) is 13.9. The van der Waals surface area contributed by atoms with E-state index in [0.717, 1.165) is 28.8 Å². The molecule has 2 nitrogen and oxygen atoms in total. The standard InChI is InChI=1S/C34H32F6N2/c1-32(28-15-9-4-10-16-28,24-25-21-29(33(35,36)37)23-30(22-25)34(38,39)40)42-19-17-41(18-20-42)31(26-11-5-2-6-12-26)27-13-7-3-8-14-27/h2-16,21-23,31H,17-20,24H2,1H3. The summed E-state index contributed by atoms with van der Waals surface area (Å²) < 4.78 is 82.0. The fourth-order valence-electron chi connectivity index (χ4n) is 6.07. The summed E-state index contributed by atoms with van der Waals surface area (Å²) in [6, 6.07) is 31.7. The Bertz CT molecular complexity index is 1370. The molecule has 220 valence electrons. The molecule has 1 heterocycles. The van der Waals surface area contributed by atoms with Crippen molar-refractivity contribution < 1.29 is 26.3 Å². The molecule has 0 saturated carbocycles. The highest BCUT2D eigenvalue weighted by atomic mass is 19.4. The van der Waals surface area contributed by atoms with E-state index in [4.69, 9.17) is 0 Å². The molecule has 1 aliphatic heterocycles. The number of piperazine rings is 1. The second-order valence-electron chi connectivity index (χ2n) is 11.0. The fraction of sp³-hybridized carbons (Fsp3) is 0.294. The van der Waals surface area contributed by atoms with Crippen LogP contribution in [0.25, 0.3) is 0 Å². The van der Waals surface area contributed by atoms with Crippen molar-refractivity contribution in [3.05, 3.63) is 143 Å². The van der Waals surface area contributed by atoms with Crippen LogP contribution in [0.2, 0.25) is 0 Å². The third kappa shape index (κ3) is 6.55. The highest BCUT2D eigenvalue weighted by Crippen LogP contribution is 2.40. The third-order valence-electron chi connectivity index (χ3n) is 8.20. The summed E-state index contributed by atoms with van der Waals surface area (Å²) in [4.78, 5) is 4.58. The lowest BCUT2D eigenvalue weighted by molar-refractivity contribution is -0.143. The van der Waals surface area contributed by atoms with Crippen LogP contribution in [0.3, 0.4) is 0 Å². The van der Waals surface area contributed by atoms with E-state index in [0.29, 0.717) is 26.2 Å². The smallest absolute Gasteiger partial charge is 0.291 e. The number of halogens is 6. The number of hydrogen-bond donors (Lipinski definition) is 0. The molecule has 0 spiro atoms. The Morgan fingerprint density at radius 1 is 0.571 bits per heavy atom. The van der Waals surface area contributed by atoms with Crippen LogP contribution >= 0.6 is 0 Å². The zero-order valence-electron chi connectivity index (χ0n) is 23.2. The molecule has 4 aromatic carbocycles. The lowest BCUT2D eigenvalue weighted by atomic mass is 9.82. The average molecular weight is 583 g/mol. The molecule has 0 N–H and O–H groups in total. The van der Waals surface area contributed by atoms with Crippen LogP contribution in [0.5, 0.6) is 0 Å². The molecule has 0 aromatic heterocycles. The average Bonchev–Trinajstić information content (AvgIpc) is 2.98. The van der Waals surface area contributed by atoms with Crippen LogP contribution in [-0.4, -0.2) is 36.0 Å². The first kappa shape index (κ1) is 29.9. The minimum Gasteiger partial charge on any atom is -0.291 e. The Morgan fingerprint density at radius 3 is 1.43 bits per heavy atom. The van der Waals surface area contributed by atoms with Crippen LogP contribution in [0, 0.1) is 0 Å². The molecule has 0 amide bonds. The van der Waals surface area contributed by atoms with Gasteiger partial charge in [-0.1, -0.05) is 91.0 Å². The van der Waals surface area contributed by atoms with E-state index in [-0.39, 0.29) is 24.1 Å². The second kappa shape index (κ2) is 11.9. The molecule has 42 heavy (non-hydrogen) atoms. The second-order valence-corrected chi connectivity index (χ2v) is 11.0. The monoisotopic (exact) mass is 582 g/mol. The number of nitrogens with zero attached hydrogens (tertiary/aromatic N) is 2. The highest BCUT2D eigenvalue weighted by molar-refractivity contribution is 5.37. The number of benzene rings is 4. The van der Waals surface area contributed by atoms with Gasteiger partial charge in [-0.2, -0.15) is 26.3 Å². The van der Waals surface area contributed by atoms with Crippen molar-refractivity contribution in [3.8, 4) is 0 Å². The normalized spacial score (nSPS) is 16.9. The molecule has 5 rings (SSSR count). The maximum absolute atomic E-state index is 13.7. The Balaban J connectivity index is 1.47. The topological polar surface area (TPSA) is 6.48 Å². The van der Waals surface area contributed by atoms with E-state index in [1.54, 1.807) is 0 Å². The van der Waals surface area contributed by atoms with Gasteiger partial charge >= 0.3 is 12.4 Å². The van der Waals surface area contributed by atoms with Crippen LogP contribution in [0.4, 0.5) is 26.3 Å². The van der Waals surface area contributed by atoms with Gasteiger partial charge in [-0.3, -0.25) is 9.80 Å². The van der Waals surface area contributed by atoms with E-state index in [1.807, 2.05) is 73.7 Å². The molecule has 1 atom stereocenters. The molecule has 0 radical (unpaired) electrons. The lowest BCUT2D eigenvalue weighted by Crippen LogP contribution is -2.55. The third-order valence-corrected chi connectivity index (χ3v) is 8.20. The van der Waals surface area contributed by atoms with Crippen molar-refractivity contribution in [2.45, 2.75) is 37.3 Å². The molecule has 1 saturated heterocycles. The van der Waals surface area contributed by atoms with Crippen molar-refractivity contribution in [2.75, 3.05) is 26.2 Å². The van der Waals surface area contributed by atoms with Gasteiger partial charge in [0.15, 0.2) is 0 Å². The summed E-state index contributed by atoms with van der Waals surface area (Å²) >= 11 is 0. The zero-order valence-corrected chi connectivity index (χ0v) is 23.2. The summed E-state index contributed by atoms with van der Waals surface area (Å²) in [6.45, 7) is 4.44. The molecule has 1 aliphatic rings. The predicted molar refractivity (Wildman–Crippen MR) is 152 cm³/mol. The molecule has 8 heteroatoms. The summed E-state index contributed by atoms with van der Waals surface area (Å²) in [5.41, 5.74) is -0.264. The fourth-order valence-corrected chi connectivity index (χ4v) is 6.07. The van der Waals surface area contributed by atoms with Crippen molar-refractivity contribution in [1.82, 2.24) is 9.80 Å². The van der Waals surface area contributed by atoms with Crippen LogP contribution in [-0.2, 0) is 24.3 Å². The molecule has 0 bridgehead atoms. The number of hydrogen-bond acceptors (Lipinski definition) is 2. The molecular weight excluding hydrogens is 550 g/mol. The van der Waals surface area contributed by atoms with Crippen molar-refractivity contribution in [2.24, 2.45) is 0 Å². The van der Waals surface area contributed by atoms with Gasteiger partial charge in [0.1, 0.15) is 0 Å². The maximum atomic E-state index is 13.7. The SMILES string of the molecule is CC(Cc1cc(C(F)(F)F)cc(C(F)(F)F)c1)(c1ccccc1)N1CCN(C(c2ccccc2)c2ccccc2)CC1. The van der Waals surface area contributed by atoms with Gasteiger partial charge in [0.05, 0.1) is 17.2 Å². The van der Waals surface area contributed by atoms with Crippen molar-refractivity contribution >= 4 is 0 Å². The number of alkyl halides is 6. The molecule has 1 fully saturated rings. The van der Waals surface area contributed by atoms with E-state index >= 15 is 0 Å². The van der Waals surface area contributed by atoms with Crippen LogP contribution in [0.15, 0.2) is 109 Å². The summed E-state index contributed by atoms with van der Waals surface area (Å²) in [7, 11) is 0. The van der Waals surface area contributed by atoms with Crippen molar-refractivity contribution in [1.29, 1.82) is 0 Å². The van der Waals surface area contributed by atoms with Gasteiger partial charge in [-0.15, -0.1) is 0 Å². The van der Waals surface area contributed by atoms with Gasteiger partial charge in [0, 0.05) is 31.7 Å². The van der Waals surface area contributed by atoms with E-state index in [1.165, 1.54) is 0 Å². The quantitative estimate of drug-likeness (QED) is 0.202. The minimum atomic E-state index is -4.89. The van der Waals surface area contributed by atoms with Gasteiger partial charge in [0.2, 0.25) is 0 Å². The summed E-state index contributed by atoms with van der Waals surface area (Å²) in [5.74, 6) is 0. The van der Waals surface area contributed by atoms with Crippen molar-refractivity contribution in [3.63, 3.8) is 0 Å². The Morgan fingerprint density at radius 2 is 1.00 bits per heavy atom. The van der Waals surface area contributed by atoms with Gasteiger partial charge < -0.3 is 0 Å². The van der Waals surface area contributed by atoms with Crippen LogP contribution < -0.4 is 0 Å². The molecule has 4 aromatic rings. The van der Waals surface area contributed by atoms with Gasteiger partial charge in [-0.25, -0.2) is 0 Å². The van der Waals surface area contributed by atoms with E-state index in [9.17, 15) is 26.3 Å². The van der Waals surface area contributed by atoms with Gasteiger partial charge in [0.25, 0.3) is 0 Å². The highest BCUT2D eigenvalue weighted by Gasteiger charge is 2.40. The molecule has 0 aliphatic carbocycles. The predicted octanol–water partition coefficient (Wildman–Crippen LogP) is 8.59. The first-order valence-corrected chi connectivity index (χ1v) is 13.9. The molecule has 1 unspecified atom stereocenters. The molecular formula is C34H32F6N2. The minimum absolute atomic E-state index is 0.00243. The Labute approximate surface area is 242 Å². The van der Waals surface area contributed by atoms with Crippen LogP contribution in [0.1, 0.15) is 46.3 Å². The van der Waals surface area contributed by atoms with E-state index < -0.39 is 29.0 Å². The Hall–Kier alpha value is -3.62. The number of rotatable bonds is 7. The van der Waals surface area contributed by atoms with E-state index in [2.05, 4.69) is 34.1 Å². The summed E-state index contributed by atoms with van der Waals surface area (Å²) in [5, 5.41) is 0. The largest absolute Gasteiger partial charge is 0.416 e. The first-order chi connectivity index (χ1) is 19.9. The summed E-state index contributed by atoms with van der Waals surface area (Å²) in [6.07, 6.45) is -9.80. The van der Waals surface area contributed by atoms with Gasteiger partial charge in [-0.05, 0) is 53.8 Å². The zero-order chi connectivity index (χ0) is 30.0. The Kier molecular flexibility index (Phi) is 8.49. The maximum Gasteiger partial charge on any atom is 0.416 e.